The Morgan fingerprint density at radius 2 is 2.12 bits per heavy atom. The van der Waals surface area contributed by atoms with Crippen LogP contribution in [0.4, 0.5) is 0 Å². The summed E-state index contributed by atoms with van der Waals surface area (Å²) >= 11 is 0. The second-order valence-corrected chi connectivity index (χ2v) is 6.57. The summed E-state index contributed by atoms with van der Waals surface area (Å²) in [5, 5.41) is 0. The molecule has 0 N–H and O–H groups in total. The van der Waals surface area contributed by atoms with Gasteiger partial charge in [0, 0.05) is 5.41 Å². The van der Waals surface area contributed by atoms with E-state index in [1.165, 1.54) is 32.1 Å². The zero-order valence-electron chi connectivity index (χ0n) is 10.5. The minimum Gasteiger partial charge on any atom is -0.375 e. The molecule has 0 radical (unpaired) electrons. The van der Waals surface area contributed by atoms with E-state index in [1.54, 1.807) is 11.1 Å². The predicted molar refractivity (Wildman–Crippen MR) is 68.1 cm³/mol. The second kappa shape index (κ2) is 3.14. The van der Waals surface area contributed by atoms with E-state index in [-0.39, 0.29) is 5.60 Å². The van der Waals surface area contributed by atoms with E-state index in [9.17, 15) is 0 Å². The number of hydrogen-bond acceptors (Lipinski definition) is 1. The summed E-state index contributed by atoms with van der Waals surface area (Å²) in [6.07, 6.45) is 6.46. The van der Waals surface area contributed by atoms with E-state index in [1.807, 2.05) is 0 Å². The lowest BCUT2D eigenvalue weighted by molar-refractivity contribution is 0.0143. The Morgan fingerprint density at radius 1 is 1.24 bits per heavy atom. The van der Waals surface area contributed by atoms with Crippen molar-refractivity contribution in [2.75, 3.05) is 6.61 Å². The molecule has 0 aromatic heterocycles. The van der Waals surface area contributed by atoms with Crippen molar-refractivity contribution >= 4 is 0 Å². The first-order valence-electron chi connectivity index (χ1n) is 6.93. The van der Waals surface area contributed by atoms with Crippen molar-refractivity contribution in [2.45, 2.75) is 50.5 Å². The van der Waals surface area contributed by atoms with Crippen molar-refractivity contribution in [2.24, 2.45) is 5.41 Å². The van der Waals surface area contributed by atoms with Crippen LogP contribution in [0.25, 0.3) is 0 Å². The molecule has 3 aliphatic rings. The summed E-state index contributed by atoms with van der Waals surface area (Å²) in [6.45, 7) is 3.32. The quantitative estimate of drug-likeness (QED) is 0.658. The van der Waals surface area contributed by atoms with Crippen LogP contribution < -0.4 is 0 Å². The summed E-state index contributed by atoms with van der Waals surface area (Å²) in [5.41, 5.74) is 3.90. The normalized spacial score (nSPS) is 43.0. The van der Waals surface area contributed by atoms with Gasteiger partial charge in [0.1, 0.15) is 0 Å². The highest BCUT2D eigenvalue weighted by atomic mass is 16.5. The highest BCUT2D eigenvalue weighted by Gasteiger charge is 2.56. The van der Waals surface area contributed by atoms with Gasteiger partial charge >= 0.3 is 0 Å². The van der Waals surface area contributed by atoms with Crippen molar-refractivity contribution in [3.8, 4) is 0 Å². The highest BCUT2D eigenvalue weighted by Crippen LogP contribution is 2.61. The molecule has 0 unspecified atom stereocenters. The van der Waals surface area contributed by atoms with Gasteiger partial charge in [0.05, 0.1) is 12.2 Å². The Morgan fingerprint density at radius 3 is 3.06 bits per heavy atom. The zero-order valence-corrected chi connectivity index (χ0v) is 10.5. The van der Waals surface area contributed by atoms with Crippen LogP contribution in [0.5, 0.6) is 0 Å². The lowest BCUT2D eigenvalue weighted by Crippen LogP contribution is -2.40. The number of fused-ring (bicyclic) bond motifs is 3. The third-order valence-corrected chi connectivity index (χ3v) is 5.46. The molecule has 1 aromatic rings. The largest absolute Gasteiger partial charge is 0.375 e. The third kappa shape index (κ3) is 1.29. The van der Waals surface area contributed by atoms with E-state index in [0.717, 1.165) is 12.5 Å². The average molecular weight is 228 g/mol. The van der Waals surface area contributed by atoms with Gasteiger partial charge in [-0.3, -0.25) is 0 Å². The van der Waals surface area contributed by atoms with Gasteiger partial charge in [-0.15, -0.1) is 0 Å². The first-order chi connectivity index (χ1) is 8.21. The molecule has 1 heterocycles. The van der Waals surface area contributed by atoms with E-state index in [2.05, 4.69) is 31.2 Å². The lowest BCUT2D eigenvalue weighted by atomic mass is 9.57. The fourth-order valence-electron chi connectivity index (χ4n) is 4.61. The minimum absolute atomic E-state index is 0.197. The van der Waals surface area contributed by atoms with Gasteiger partial charge in [0.2, 0.25) is 0 Å². The fourth-order valence-corrected chi connectivity index (χ4v) is 4.61. The van der Waals surface area contributed by atoms with Gasteiger partial charge in [0.25, 0.3) is 0 Å². The molecule has 2 aliphatic carbocycles. The first kappa shape index (κ1) is 10.1. The molecule has 1 spiro atoms. The fraction of sp³-hybridized carbons (Fsp3) is 0.625. The van der Waals surface area contributed by atoms with Crippen molar-refractivity contribution in [1.29, 1.82) is 0 Å². The third-order valence-electron chi connectivity index (χ3n) is 5.46. The first-order valence-corrected chi connectivity index (χ1v) is 6.93. The number of aryl methyl sites for hydroxylation is 1. The van der Waals surface area contributed by atoms with Gasteiger partial charge < -0.3 is 4.74 Å². The monoisotopic (exact) mass is 228 g/mol. The van der Waals surface area contributed by atoms with Crippen LogP contribution >= 0.6 is 0 Å². The average Bonchev–Trinajstić information content (AvgIpc) is 2.60. The van der Waals surface area contributed by atoms with Crippen LogP contribution in [0.2, 0.25) is 0 Å². The maximum absolute atomic E-state index is 6.14. The molecule has 1 saturated heterocycles. The summed E-state index contributed by atoms with van der Waals surface area (Å²) < 4.78 is 6.14. The topological polar surface area (TPSA) is 9.23 Å². The van der Waals surface area contributed by atoms with Crippen molar-refractivity contribution in [3.63, 3.8) is 0 Å². The molecule has 90 valence electrons. The Kier molecular flexibility index (Phi) is 1.87. The SMILES string of the molecule is C[C@@]12CC[C@H]3c4ccccc4CC[C@]3(CO1)C2. The number of benzene rings is 1. The molecule has 1 nitrogen and oxygen atoms in total. The van der Waals surface area contributed by atoms with Crippen LogP contribution in [0.3, 0.4) is 0 Å². The summed E-state index contributed by atoms with van der Waals surface area (Å²) in [7, 11) is 0. The maximum Gasteiger partial charge on any atom is 0.0661 e. The van der Waals surface area contributed by atoms with E-state index in [0.29, 0.717) is 5.41 Å². The maximum atomic E-state index is 6.14. The molecular formula is C16H20O. The molecule has 1 saturated carbocycles. The predicted octanol–water partition coefficient (Wildman–Crippen LogP) is 3.68. The van der Waals surface area contributed by atoms with Gasteiger partial charge in [-0.1, -0.05) is 24.3 Å². The van der Waals surface area contributed by atoms with Crippen molar-refractivity contribution in [1.82, 2.24) is 0 Å². The van der Waals surface area contributed by atoms with Crippen molar-refractivity contribution in [3.05, 3.63) is 35.4 Å². The lowest BCUT2D eigenvalue weighted by Gasteiger charge is -2.46. The number of hydrogen-bond donors (Lipinski definition) is 0. The molecular weight excluding hydrogens is 208 g/mol. The Balaban J connectivity index is 1.81. The molecule has 2 fully saturated rings. The highest BCUT2D eigenvalue weighted by molar-refractivity contribution is 5.36. The van der Waals surface area contributed by atoms with Crippen molar-refractivity contribution < 1.29 is 4.74 Å². The molecule has 1 aliphatic heterocycles. The summed E-state index contributed by atoms with van der Waals surface area (Å²) in [4.78, 5) is 0. The molecule has 3 atom stereocenters. The number of rotatable bonds is 0. The minimum atomic E-state index is 0.197. The number of ether oxygens (including phenoxy) is 1. The Labute approximate surface area is 103 Å². The molecule has 17 heavy (non-hydrogen) atoms. The molecule has 1 aromatic carbocycles. The van der Waals surface area contributed by atoms with Gasteiger partial charge in [-0.2, -0.15) is 0 Å². The van der Waals surface area contributed by atoms with Gasteiger partial charge in [0.15, 0.2) is 0 Å². The van der Waals surface area contributed by atoms with Gasteiger partial charge in [-0.25, -0.2) is 0 Å². The molecule has 0 amide bonds. The Bertz CT molecular complexity index is 466. The van der Waals surface area contributed by atoms with Crippen LogP contribution in [0.15, 0.2) is 24.3 Å². The van der Waals surface area contributed by atoms with E-state index in [4.69, 9.17) is 4.74 Å². The van der Waals surface area contributed by atoms with E-state index >= 15 is 0 Å². The summed E-state index contributed by atoms with van der Waals surface area (Å²) in [6, 6.07) is 9.09. The van der Waals surface area contributed by atoms with Crippen LogP contribution in [0.1, 0.15) is 49.7 Å². The standard InChI is InChI=1S/C16H20O/c1-15-8-7-14-13-5-3-2-4-12(13)6-9-16(14,10-15)11-17-15/h2-5,14H,6-11H2,1H3/t14-,15-,16+/m0/s1. The van der Waals surface area contributed by atoms with Crippen LogP contribution in [-0.2, 0) is 11.2 Å². The zero-order chi connectivity index (χ0) is 11.5. The van der Waals surface area contributed by atoms with Crippen LogP contribution in [0, 0.1) is 5.41 Å². The van der Waals surface area contributed by atoms with E-state index < -0.39 is 0 Å². The van der Waals surface area contributed by atoms with Gasteiger partial charge in [-0.05, 0) is 56.1 Å². The molecule has 1 heteroatoms. The second-order valence-electron chi connectivity index (χ2n) is 6.57. The Hall–Kier alpha value is -0.820. The molecule has 2 bridgehead atoms. The molecule has 4 rings (SSSR count). The summed E-state index contributed by atoms with van der Waals surface area (Å²) in [5.74, 6) is 0.767. The smallest absolute Gasteiger partial charge is 0.0661 e. The van der Waals surface area contributed by atoms with Crippen LogP contribution in [-0.4, -0.2) is 12.2 Å².